The van der Waals surface area contributed by atoms with E-state index in [4.69, 9.17) is 9.47 Å². The molecule has 3 aliphatic carbocycles. The lowest BCUT2D eigenvalue weighted by Crippen LogP contribution is -2.49. The molecule has 2 fully saturated rings. The maximum Gasteiger partial charge on any atom is 0.302 e. The molecule has 2 saturated carbocycles. The standard InChI is InChI=1S/C25H38O5/c1-15-21(16(2)29-17(3)27)8-9-22(15)23-7-6-19-14-20(30-18(4)28)10-12-25(19,5)24(23)11-13-26/h13,16,19-21,23-24H,6-12,14H2,1-5H3/t16-,19+,20+,21+,23?,24+,25+/m1/s1. The van der Waals surface area contributed by atoms with Crippen molar-refractivity contribution < 1.29 is 23.9 Å². The molecule has 0 aromatic rings. The third-order valence-electron chi connectivity index (χ3n) is 8.48. The first-order valence-electron chi connectivity index (χ1n) is 11.6. The average molecular weight is 419 g/mol. The van der Waals surface area contributed by atoms with Crippen molar-refractivity contribution >= 4 is 18.2 Å². The van der Waals surface area contributed by atoms with E-state index in [2.05, 4.69) is 13.8 Å². The van der Waals surface area contributed by atoms with Crippen molar-refractivity contribution in [3.63, 3.8) is 0 Å². The zero-order valence-corrected chi connectivity index (χ0v) is 19.2. The van der Waals surface area contributed by atoms with Crippen LogP contribution in [0.2, 0.25) is 0 Å². The SMILES string of the molecule is CC(=O)O[C@H]1CC[C@@]2(C)[C@@H](CCC(C3=C(C)[C@@H]([C@@H](C)OC(C)=O)CC3)[C@@H]2CC=O)C1. The first kappa shape index (κ1) is 23.0. The summed E-state index contributed by atoms with van der Waals surface area (Å²) in [4.78, 5) is 34.5. The number of allylic oxidation sites excluding steroid dienone is 1. The first-order chi connectivity index (χ1) is 14.2. The minimum Gasteiger partial charge on any atom is -0.463 e. The number of hydrogen-bond donors (Lipinski definition) is 0. The molecule has 0 N–H and O–H groups in total. The van der Waals surface area contributed by atoms with Crippen LogP contribution in [0.5, 0.6) is 0 Å². The van der Waals surface area contributed by atoms with Gasteiger partial charge in [0, 0.05) is 26.2 Å². The van der Waals surface area contributed by atoms with Crippen LogP contribution in [-0.2, 0) is 23.9 Å². The zero-order chi connectivity index (χ0) is 22.1. The predicted molar refractivity (Wildman–Crippen MR) is 115 cm³/mol. The Morgan fingerprint density at radius 1 is 1.17 bits per heavy atom. The highest BCUT2D eigenvalue weighted by Crippen LogP contribution is 2.59. The van der Waals surface area contributed by atoms with Gasteiger partial charge in [0.1, 0.15) is 18.5 Å². The molecule has 168 valence electrons. The van der Waals surface area contributed by atoms with Crippen LogP contribution in [0.25, 0.3) is 0 Å². The Labute approximate surface area is 181 Å². The molecule has 30 heavy (non-hydrogen) atoms. The lowest BCUT2D eigenvalue weighted by molar-refractivity contribution is -0.154. The summed E-state index contributed by atoms with van der Waals surface area (Å²) in [5.41, 5.74) is 2.99. The summed E-state index contributed by atoms with van der Waals surface area (Å²) < 4.78 is 11.0. The van der Waals surface area contributed by atoms with Crippen LogP contribution in [0.4, 0.5) is 0 Å². The lowest BCUT2D eigenvalue weighted by atomic mass is 9.50. The molecular formula is C25H38O5. The van der Waals surface area contributed by atoms with Gasteiger partial charge in [0.2, 0.25) is 0 Å². The number of fused-ring (bicyclic) bond motifs is 1. The number of rotatable bonds is 6. The molecular weight excluding hydrogens is 380 g/mol. The normalized spacial score (nSPS) is 37.3. The van der Waals surface area contributed by atoms with Crippen molar-refractivity contribution in [1.82, 2.24) is 0 Å². The Morgan fingerprint density at radius 3 is 2.53 bits per heavy atom. The van der Waals surface area contributed by atoms with Crippen molar-refractivity contribution in [2.75, 3.05) is 0 Å². The summed E-state index contributed by atoms with van der Waals surface area (Å²) >= 11 is 0. The monoisotopic (exact) mass is 418 g/mol. The summed E-state index contributed by atoms with van der Waals surface area (Å²) in [6.45, 7) is 9.53. The van der Waals surface area contributed by atoms with E-state index in [1.807, 2.05) is 6.92 Å². The van der Waals surface area contributed by atoms with Gasteiger partial charge in [-0.25, -0.2) is 0 Å². The Balaban J connectivity index is 1.82. The number of aldehydes is 1. The molecule has 5 heteroatoms. The summed E-state index contributed by atoms with van der Waals surface area (Å²) in [6, 6.07) is 0. The molecule has 0 aromatic heterocycles. The molecule has 0 aliphatic heterocycles. The van der Waals surface area contributed by atoms with Gasteiger partial charge in [-0.15, -0.1) is 0 Å². The topological polar surface area (TPSA) is 69.7 Å². The second kappa shape index (κ2) is 9.23. The molecule has 7 atom stereocenters. The summed E-state index contributed by atoms with van der Waals surface area (Å²) in [5.74, 6) is 1.12. The van der Waals surface area contributed by atoms with Gasteiger partial charge in [0.05, 0.1) is 0 Å². The van der Waals surface area contributed by atoms with E-state index in [0.717, 1.165) is 51.2 Å². The fourth-order valence-corrected chi connectivity index (χ4v) is 7.03. The number of carbonyl (C=O) groups excluding carboxylic acids is 3. The molecule has 0 amide bonds. The fourth-order valence-electron chi connectivity index (χ4n) is 7.03. The van der Waals surface area contributed by atoms with Crippen LogP contribution in [0.15, 0.2) is 11.1 Å². The van der Waals surface area contributed by atoms with E-state index in [-0.39, 0.29) is 35.5 Å². The zero-order valence-electron chi connectivity index (χ0n) is 19.2. The van der Waals surface area contributed by atoms with E-state index in [1.54, 1.807) is 0 Å². The molecule has 3 aliphatic rings. The molecule has 0 radical (unpaired) electrons. The van der Waals surface area contributed by atoms with Crippen molar-refractivity contribution in [3.05, 3.63) is 11.1 Å². The highest BCUT2D eigenvalue weighted by atomic mass is 16.5. The van der Waals surface area contributed by atoms with Crippen LogP contribution in [0.1, 0.15) is 86.0 Å². The van der Waals surface area contributed by atoms with Gasteiger partial charge in [0.15, 0.2) is 0 Å². The van der Waals surface area contributed by atoms with E-state index >= 15 is 0 Å². The third-order valence-corrected chi connectivity index (χ3v) is 8.48. The summed E-state index contributed by atoms with van der Waals surface area (Å²) in [7, 11) is 0. The van der Waals surface area contributed by atoms with E-state index in [9.17, 15) is 14.4 Å². The first-order valence-corrected chi connectivity index (χ1v) is 11.6. The Kier molecular flexibility index (Phi) is 7.09. The molecule has 0 saturated heterocycles. The van der Waals surface area contributed by atoms with Crippen molar-refractivity contribution in [2.24, 2.45) is 29.1 Å². The summed E-state index contributed by atoms with van der Waals surface area (Å²) in [6.07, 6.45) is 8.71. The maximum absolute atomic E-state index is 11.7. The largest absolute Gasteiger partial charge is 0.463 e. The minimum atomic E-state index is -0.222. The highest BCUT2D eigenvalue weighted by molar-refractivity contribution is 5.66. The second-order valence-electron chi connectivity index (χ2n) is 10.1. The minimum absolute atomic E-state index is 0.0235. The van der Waals surface area contributed by atoms with E-state index < -0.39 is 0 Å². The molecule has 1 unspecified atom stereocenters. The number of ether oxygens (including phenoxy) is 2. The number of carbonyl (C=O) groups is 3. The number of esters is 2. The molecule has 0 spiro atoms. The quantitative estimate of drug-likeness (QED) is 0.344. The average Bonchev–Trinajstić information content (AvgIpc) is 3.03. The fraction of sp³-hybridized carbons (Fsp3) is 0.800. The van der Waals surface area contributed by atoms with Gasteiger partial charge in [-0.1, -0.05) is 18.1 Å². The Morgan fingerprint density at radius 2 is 1.90 bits per heavy atom. The van der Waals surface area contributed by atoms with Gasteiger partial charge in [-0.2, -0.15) is 0 Å². The molecule has 0 bridgehead atoms. The smallest absolute Gasteiger partial charge is 0.302 e. The van der Waals surface area contributed by atoms with Gasteiger partial charge in [-0.3, -0.25) is 9.59 Å². The van der Waals surface area contributed by atoms with Gasteiger partial charge < -0.3 is 14.3 Å². The third kappa shape index (κ3) is 4.50. The maximum atomic E-state index is 11.7. The number of hydrogen-bond acceptors (Lipinski definition) is 5. The van der Waals surface area contributed by atoms with Crippen LogP contribution in [0, 0.1) is 29.1 Å². The highest BCUT2D eigenvalue weighted by Gasteiger charge is 2.52. The van der Waals surface area contributed by atoms with Gasteiger partial charge in [0.25, 0.3) is 0 Å². The Bertz CT molecular complexity index is 710. The van der Waals surface area contributed by atoms with E-state index in [0.29, 0.717) is 24.2 Å². The van der Waals surface area contributed by atoms with Crippen LogP contribution >= 0.6 is 0 Å². The Hall–Kier alpha value is -1.65. The lowest BCUT2D eigenvalue weighted by Gasteiger charge is -2.55. The van der Waals surface area contributed by atoms with Gasteiger partial charge >= 0.3 is 11.9 Å². The van der Waals surface area contributed by atoms with Gasteiger partial charge in [-0.05, 0) is 82.0 Å². The van der Waals surface area contributed by atoms with Crippen LogP contribution < -0.4 is 0 Å². The van der Waals surface area contributed by atoms with Crippen molar-refractivity contribution in [2.45, 2.75) is 98.2 Å². The molecule has 0 heterocycles. The predicted octanol–water partition coefficient (Wildman–Crippen LogP) is 5.02. The van der Waals surface area contributed by atoms with E-state index in [1.165, 1.54) is 25.0 Å². The molecule has 5 nitrogen and oxygen atoms in total. The van der Waals surface area contributed by atoms with Crippen molar-refractivity contribution in [1.29, 1.82) is 0 Å². The molecule has 3 rings (SSSR count). The second-order valence-corrected chi connectivity index (χ2v) is 10.1. The van der Waals surface area contributed by atoms with Crippen LogP contribution in [-0.4, -0.2) is 30.4 Å². The summed E-state index contributed by atoms with van der Waals surface area (Å²) in [5, 5.41) is 0. The molecule has 0 aromatic carbocycles. The van der Waals surface area contributed by atoms with Crippen LogP contribution in [0.3, 0.4) is 0 Å². The van der Waals surface area contributed by atoms with Crippen molar-refractivity contribution in [3.8, 4) is 0 Å².